The van der Waals surface area contributed by atoms with E-state index in [1.54, 1.807) is 17.4 Å². The fraction of sp³-hybridized carbons (Fsp3) is 0.286. The van der Waals surface area contributed by atoms with Gasteiger partial charge in [0.15, 0.2) is 0 Å². The van der Waals surface area contributed by atoms with Crippen LogP contribution in [0, 0.1) is 0 Å². The van der Waals surface area contributed by atoms with E-state index in [1.165, 1.54) is 4.88 Å². The summed E-state index contributed by atoms with van der Waals surface area (Å²) in [6.45, 7) is 3.06. The van der Waals surface area contributed by atoms with Crippen molar-refractivity contribution in [3.8, 4) is 5.75 Å². The number of benzene rings is 1. The maximum Gasteiger partial charge on any atom is 0.115 e. The van der Waals surface area contributed by atoms with Crippen LogP contribution in [0.25, 0.3) is 0 Å². The summed E-state index contributed by atoms with van der Waals surface area (Å²) < 4.78 is 0. The van der Waals surface area contributed by atoms with Crippen molar-refractivity contribution in [1.29, 1.82) is 0 Å². The molecule has 0 saturated heterocycles. The highest BCUT2D eigenvalue weighted by Gasteiger charge is 2.12. The second-order valence-corrected chi connectivity index (χ2v) is 4.98. The molecule has 1 aromatic carbocycles. The molecule has 17 heavy (non-hydrogen) atoms. The molecule has 0 amide bonds. The zero-order valence-corrected chi connectivity index (χ0v) is 10.7. The molecule has 1 heterocycles. The van der Waals surface area contributed by atoms with Gasteiger partial charge in [-0.3, -0.25) is 0 Å². The molecule has 1 atom stereocenters. The average Bonchev–Trinajstić information content (AvgIpc) is 2.82. The maximum atomic E-state index is 9.47. The normalized spacial score (nSPS) is 12.5. The van der Waals surface area contributed by atoms with Crippen LogP contribution in [-0.2, 0) is 6.42 Å². The number of hydrogen-bond donors (Lipinski definition) is 2. The molecule has 0 aliphatic rings. The van der Waals surface area contributed by atoms with Crippen LogP contribution in [-0.4, -0.2) is 11.7 Å². The molecular weight excluding hydrogens is 230 g/mol. The van der Waals surface area contributed by atoms with Gasteiger partial charge in [-0.25, -0.2) is 0 Å². The van der Waals surface area contributed by atoms with Crippen LogP contribution in [0.1, 0.15) is 23.4 Å². The van der Waals surface area contributed by atoms with Gasteiger partial charge >= 0.3 is 0 Å². The summed E-state index contributed by atoms with van der Waals surface area (Å²) in [6.07, 6.45) is 0.906. The highest BCUT2D eigenvalue weighted by atomic mass is 32.1. The van der Waals surface area contributed by atoms with E-state index in [0.717, 1.165) is 18.5 Å². The summed E-state index contributed by atoms with van der Waals surface area (Å²) in [5.41, 5.74) is 1.16. The van der Waals surface area contributed by atoms with E-state index in [-0.39, 0.29) is 0 Å². The summed E-state index contributed by atoms with van der Waals surface area (Å²) in [7, 11) is 0. The van der Waals surface area contributed by atoms with Crippen LogP contribution in [0.2, 0.25) is 0 Å². The predicted octanol–water partition coefficient (Wildman–Crippen LogP) is 3.35. The molecule has 0 spiro atoms. The van der Waals surface area contributed by atoms with Crippen molar-refractivity contribution in [2.24, 2.45) is 0 Å². The van der Waals surface area contributed by atoms with Gasteiger partial charge < -0.3 is 10.4 Å². The molecule has 0 aliphatic heterocycles. The van der Waals surface area contributed by atoms with E-state index >= 15 is 0 Å². The van der Waals surface area contributed by atoms with E-state index in [0.29, 0.717) is 11.8 Å². The molecule has 0 radical (unpaired) electrons. The zero-order valence-electron chi connectivity index (χ0n) is 9.89. The molecular formula is C14H17NOS. The Morgan fingerprint density at radius 2 is 2.18 bits per heavy atom. The molecule has 0 fully saturated rings. The Morgan fingerprint density at radius 3 is 2.82 bits per heavy atom. The zero-order chi connectivity index (χ0) is 12.1. The number of phenols is 1. The van der Waals surface area contributed by atoms with Gasteiger partial charge in [0.1, 0.15) is 5.75 Å². The third-order valence-corrected chi connectivity index (χ3v) is 3.67. The number of likely N-dealkylation sites (N-methyl/N-ethyl adjacent to an activating group) is 1. The third-order valence-electron chi connectivity index (χ3n) is 2.69. The Kier molecular flexibility index (Phi) is 4.18. The maximum absolute atomic E-state index is 9.47. The SMILES string of the molecule is CCNC(Cc1cccc(O)c1)c1cccs1. The van der Waals surface area contributed by atoms with E-state index in [4.69, 9.17) is 0 Å². The lowest BCUT2D eigenvalue weighted by Crippen LogP contribution is -2.22. The summed E-state index contributed by atoms with van der Waals surface area (Å²) in [5, 5.41) is 15.0. The average molecular weight is 247 g/mol. The molecule has 1 unspecified atom stereocenters. The summed E-state index contributed by atoms with van der Waals surface area (Å²) >= 11 is 1.77. The molecule has 2 rings (SSSR count). The van der Waals surface area contributed by atoms with Crippen molar-refractivity contribution in [1.82, 2.24) is 5.32 Å². The quantitative estimate of drug-likeness (QED) is 0.849. The number of thiophene rings is 1. The second-order valence-electron chi connectivity index (χ2n) is 4.00. The standard InChI is InChI=1S/C14H17NOS/c1-2-15-13(14-7-4-8-17-14)10-11-5-3-6-12(16)9-11/h3-9,13,15-16H,2,10H2,1H3. The lowest BCUT2D eigenvalue weighted by molar-refractivity contribution is 0.473. The Morgan fingerprint density at radius 1 is 1.29 bits per heavy atom. The van der Waals surface area contributed by atoms with Crippen LogP contribution in [0.15, 0.2) is 41.8 Å². The van der Waals surface area contributed by atoms with Crippen molar-refractivity contribution in [3.05, 3.63) is 52.2 Å². The fourth-order valence-electron chi connectivity index (χ4n) is 1.93. The Hall–Kier alpha value is -1.32. The van der Waals surface area contributed by atoms with Crippen molar-refractivity contribution < 1.29 is 5.11 Å². The van der Waals surface area contributed by atoms with Crippen LogP contribution in [0.4, 0.5) is 0 Å². The molecule has 0 aliphatic carbocycles. The van der Waals surface area contributed by atoms with Crippen molar-refractivity contribution in [2.75, 3.05) is 6.54 Å². The number of nitrogens with one attached hydrogen (secondary N) is 1. The number of phenolic OH excluding ortho intramolecular Hbond substituents is 1. The van der Waals surface area contributed by atoms with Crippen molar-refractivity contribution in [3.63, 3.8) is 0 Å². The van der Waals surface area contributed by atoms with E-state index in [9.17, 15) is 5.11 Å². The monoisotopic (exact) mass is 247 g/mol. The fourth-order valence-corrected chi connectivity index (χ4v) is 2.73. The first-order chi connectivity index (χ1) is 8.29. The Bertz CT molecular complexity index is 453. The first kappa shape index (κ1) is 12.1. The van der Waals surface area contributed by atoms with Crippen molar-refractivity contribution >= 4 is 11.3 Å². The van der Waals surface area contributed by atoms with Crippen LogP contribution < -0.4 is 5.32 Å². The highest BCUT2D eigenvalue weighted by molar-refractivity contribution is 7.10. The number of rotatable bonds is 5. The number of hydrogen-bond acceptors (Lipinski definition) is 3. The molecule has 3 heteroatoms. The van der Waals surface area contributed by atoms with Gasteiger partial charge in [0, 0.05) is 10.9 Å². The van der Waals surface area contributed by atoms with Gasteiger partial charge in [-0.2, -0.15) is 0 Å². The van der Waals surface area contributed by atoms with Crippen molar-refractivity contribution in [2.45, 2.75) is 19.4 Å². The molecule has 0 saturated carbocycles. The van der Waals surface area contributed by atoms with Gasteiger partial charge in [-0.05, 0) is 42.1 Å². The largest absolute Gasteiger partial charge is 0.508 e. The number of aromatic hydroxyl groups is 1. The van der Waals surface area contributed by atoms with Crippen LogP contribution in [0.5, 0.6) is 5.75 Å². The predicted molar refractivity (Wildman–Crippen MR) is 72.5 cm³/mol. The summed E-state index contributed by atoms with van der Waals surface area (Å²) in [5.74, 6) is 0.337. The molecule has 2 N–H and O–H groups in total. The summed E-state index contributed by atoms with van der Waals surface area (Å²) in [6, 6.07) is 12.0. The van der Waals surface area contributed by atoms with Crippen LogP contribution in [0.3, 0.4) is 0 Å². The minimum absolute atomic E-state index is 0.335. The van der Waals surface area contributed by atoms with E-state index < -0.39 is 0 Å². The molecule has 2 nitrogen and oxygen atoms in total. The summed E-state index contributed by atoms with van der Waals surface area (Å²) in [4.78, 5) is 1.34. The van der Waals surface area contributed by atoms with Gasteiger partial charge in [-0.15, -0.1) is 11.3 Å². The van der Waals surface area contributed by atoms with Crippen LogP contribution >= 0.6 is 11.3 Å². The lowest BCUT2D eigenvalue weighted by Gasteiger charge is -2.16. The molecule has 1 aromatic heterocycles. The topological polar surface area (TPSA) is 32.3 Å². The molecule has 2 aromatic rings. The first-order valence-electron chi connectivity index (χ1n) is 5.84. The minimum Gasteiger partial charge on any atom is -0.508 e. The molecule has 0 bridgehead atoms. The lowest BCUT2D eigenvalue weighted by atomic mass is 10.0. The minimum atomic E-state index is 0.335. The third kappa shape index (κ3) is 3.32. The highest BCUT2D eigenvalue weighted by Crippen LogP contribution is 2.24. The van der Waals surface area contributed by atoms with E-state index in [1.807, 2.05) is 12.1 Å². The van der Waals surface area contributed by atoms with Gasteiger partial charge in [-0.1, -0.05) is 25.1 Å². The van der Waals surface area contributed by atoms with E-state index in [2.05, 4.69) is 35.8 Å². The Labute approximate surface area is 106 Å². The van der Waals surface area contributed by atoms with Gasteiger partial charge in [0.05, 0.1) is 0 Å². The van der Waals surface area contributed by atoms with Gasteiger partial charge in [0.2, 0.25) is 0 Å². The second kappa shape index (κ2) is 5.84. The van der Waals surface area contributed by atoms with Gasteiger partial charge in [0.25, 0.3) is 0 Å². The molecule has 90 valence electrons. The first-order valence-corrected chi connectivity index (χ1v) is 6.72. The smallest absolute Gasteiger partial charge is 0.115 e. The Balaban J connectivity index is 2.13.